The standard InChI is InChI=1S/C9H7ClN2O2S/c1-3-6(9(13)14)7(11)4-2-5(10)15-8(4)12-3/h2H,1H3,(H2,11,12)(H,13,14). The third-order valence-corrected chi connectivity index (χ3v) is 3.24. The van der Waals surface area contributed by atoms with Crippen molar-refractivity contribution in [3.63, 3.8) is 0 Å². The topological polar surface area (TPSA) is 76.2 Å². The molecular formula is C9H7ClN2O2S. The molecular weight excluding hydrogens is 236 g/mol. The number of hydrogen-bond donors (Lipinski definition) is 2. The number of pyridine rings is 1. The van der Waals surface area contributed by atoms with Crippen LogP contribution in [0.25, 0.3) is 10.2 Å². The number of nitrogens with zero attached hydrogens (tertiary/aromatic N) is 1. The molecule has 6 heteroatoms. The molecule has 0 aliphatic heterocycles. The highest BCUT2D eigenvalue weighted by Crippen LogP contribution is 2.34. The van der Waals surface area contributed by atoms with Gasteiger partial charge in [-0.2, -0.15) is 0 Å². The van der Waals surface area contributed by atoms with Gasteiger partial charge in [0.1, 0.15) is 10.4 Å². The number of aromatic carboxylic acids is 1. The Labute approximate surface area is 94.3 Å². The predicted octanol–water partition coefficient (Wildman–Crippen LogP) is 2.54. The molecule has 0 atom stereocenters. The molecule has 0 aliphatic carbocycles. The normalized spacial score (nSPS) is 10.8. The first kappa shape index (κ1) is 10.2. The van der Waals surface area contributed by atoms with E-state index in [9.17, 15) is 4.79 Å². The van der Waals surface area contributed by atoms with Crippen molar-refractivity contribution in [3.05, 3.63) is 21.7 Å². The van der Waals surface area contributed by atoms with Gasteiger partial charge in [-0.25, -0.2) is 9.78 Å². The van der Waals surface area contributed by atoms with Crippen molar-refractivity contribution in [1.82, 2.24) is 4.98 Å². The van der Waals surface area contributed by atoms with Crippen LogP contribution in [0.4, 0.5) is 5.69 Å². The summed E-state index contributed by atoms with van der Waals surface area (Å²) in [7, 11) is 0. The SMILES string of the molecule is Cc1nc2sc(Cl)cc2c(N)c1C(=O)O. The van der Waals surface area contributed by atoms with Crippen molar-refractivity contribution in [2.75, 3.05) is 5.73 Å². The maximum atomic E-state index is 10.9. The molecule has 2 heterocycles. The van der Waals surface area contributed by atoms with Gasteiger partial charge in [0, 0.05) is 5.39 Å². The van der Waals surface area contributed by atoms with E-state index in [0.29, 0.717) is 20.2 Å². The van der Waals surface area contributed by atoms with Crippen molar-refractivity contribution in [3.8, 4) is 0 Å². The Balaban J connectivity index is 2.89. The number of nitrogens with two attached hydrogens (primary N) is 1. The largest absolute Gasteiger partial charge is 0.478 e. The van der Waals surface area contributed by atoms with Gasteiger partial charge in [0.05, 0.1) is 15.7 Å². The molecule has 0 aliphatic rings. The van der Waals surface area contributed by atoms with Crippen LogP contribution in [0.3, 0.4) is 0 Å². The van der Waals surface area contributed by atoms with Crippen molar-refractivity contribution >= 4 is 44.8 Å². The Hall–Kier alpha value is -1.33. The van der Waals surface area contributed by atoms with Crippen molar-refractivity contribution in [2.24, 2.45) is 0 Å². The molecule has 0 unspecified atom stereocenters. The van der Waals surface area contributed by atoms with Crippen LogP contribution in [0.1, 0.15) is 16.1 Å². The molecule has 0 saturated carbocycles. The fourth-order valence-corrected chi connectivity index (χ4v) is 2.59. The van der Waals surface area contributed by atoms with Gasteiger partial charge in [-0.3, -0.25) is 0 Å². The summed E-state index contributed by atoms with van der Waals surface area (Å²) in [6.07, 6.45) is 0. The molecule has 4 nitrogen and oxygen atoms in total. The molecule has 2 rings (SSSR count). The number of aromatic nitrogens is 1. The first-order valence-electron chi connectivity index (χ1n) is 4.09. The van der Waals surface area contributed by atoms with E-state index >= 15 is 0 Å². The average Bonchev–Trinajstić information content (AvgIpc) is 2.45. The zero-order chi connectivity index (χ0) is 11.2. The second-order valence-corrected chi connectivity index (χ2v) is 4.72. The molecule has 0 spiro atoms. The van der Waals surface area contributed by atoms with Crippen LogP contribution in [0.15, 0.2) is 6.07 Å². The van der Waals surface area contributed by atoms with Crippen LogP contribution in [-0.2, 0) is 0 Å². The number of rotatable bonds is 1. The maximum Gasteiger partial charge on any atom is 0.339 e. The minimum absolute atomic E-state index is 0.0527. The van der Waals surface area contributed by atoms with Gasteiger partial charge in [-0.15, -0.1) is 11.3 Å². The van der Waals surface area contributed by atoms with E-state index in [-0.39, 0.29) is 11.3 Å². The highest BCUT2D eigenvalue weighted by Gasteiger charge is 2.17. The number of hydrogen-bond acceptors (Lipinski definition) is 4. The van der Waals surface area contributed by atoms with Crippen molar-refractivity contribution < 1.29 is 9.90 Å². The number of fused-ring (bicyclic) bond motifs is 1. The van der Waals surface area contributed by atoms with Gasteiger partial charge in [-0.05, 0) is 13.0 Å². The van der Waals surface area contributed by atoms with Gasteiger partial charge in [0.25, 0.3) is 0 Å². The highest BCUT2D eigenvalue weighted by molar-refractivity contribution is 7.22. The van der Waals surface area contributed by atoms with Crippen molar-refractivity contribution in [1.29, 1.82) is 0 Å². The number of aryl methyl sites for hydroxylation is 1. The van der Waals surface area contributed by atoms with Crippen LogP contribution in [0.5, 0.6) is 0 Å². The number of carboxylic acid groups (broad SMARTS) is 1. The summed E-state index contributed by atoms with van der Waals surface area (Å²) in [5.41, 5.74) is 6.45. The van der Waals surface area contributed by atoms with E-state index in [1.165, 1.54) is 11.3 Å². The third kappa shape index (κ3) is 1.53. The molecule has 0 aromatic carbocycles. The van der Waals surface area contributed by atoms with E-state index < -0.39 is 5.97 Å². The monoisotopic (exact) mass is 242 g/mol. The van der Waals surface area contributed by atoms with Crippen LogP contribution < -0.4 is 5.73 Å². The van der Waals surface area contributed by atoms with Crippen LogP contribution in [-0.4, -0.2) is 16.1 Å². The number of anilines is 1. The molecule has 2 aromatic rings. The lowest BCUT2D eigenvalue weighted by Gasteiger charge is -2.04. The Bertz CT molecular complexity index is 565. The molecule has 0 radical (unpaired) electrons. The summed E-state index contributed by atoms with van der Waals surface area (Å²) in [6.45, 7) is 1.62. The maximum absolute atomic E-state index is 10.9. The number of carbonyl (C=O) groups is 1. The fourth-order valence-electron chi connectivity index (χ4n) is 1.44. The van der Waals surface area contributed by atoms with Gasteiger partial charge in [-0.1, -0.05) is 11.6 Å². The zero-order valence-corrected chi connectivity index (χ0v) is 9.32. The Morgan fingerprint density at radius 3 is 2.93 bits per heavy atom. The predicted molar refractivity (Wildman–Crippen MR) is 60.7 cm³/mol. The van der Waals surface area contributed by atoms with E-state index in [1.54, 1.807) is 13.0 Å². The van der Waals surface area contributed by atoms with Gasteiger partial charge in [0.15, 0.2) is 0 Å². The minimum atomic E-state index is -1.07. The van der Waals surface area contributed by atoms with Gasteiger partial charge in [0.2, 0.25) is 0 Å². The molecule has 0 bridgehead atoms. The number of thiophene rings is 1. The van der Waals surface area contributed by atoms with E-state index in [0.717, 1.165) is 0 Å². The molecule has 15 heavy (non-hydrogen) atoms. The summed E-state index contributed by atoms with van der Waals surface area (Å²) in [5, 5.41) is 9.57. The summed E-state index contributed by atoms with van der Waals surface area (Å²) in [4.78, 5) is 15.8. The Morgan fingerprint density at radius 2 is 2.33 bits per heavy atom. The Kier molecular flexibility index (Phi) is 2.28. The molecule has 0 saturated heterocycles. The molecule has 3 N–H and O–H groups in total. The lowest BCUT2D eigenvalue weighted by atomic mass is 10.1. The Morgan fingerprint density at radius 1 is 1.67 bits per heavy atom. The van der Waals surface area contributed by atoms with Gasteiger partial charge < -0.3 is 10.8 Å². The third-order valence-electron chi connectivity index (χ3n) is 2.09. The van der Waals surface area contributed by atoms with Gasteiger partial charge >= 0.3 is 5.97 Å². The average molecular weight is 243 g/mol. The number of halogens is 1. The molecule has 0 amide bonds. The smallest absolute Gasteiger partial charge is 0.339 e. The van der Waals surface area contributed by atoms with Crippen molar-refractivity contribution in [2.45, 2.75) is 6.92 Å². The van der Waals surface area contributed by atoms with E-state index in [2.05, 4.69) is 4.98 Å². The van der Waals surface area contributed by atoms with E-state index in [4.69, 9.17) is 22.4 Å². The summed E-state index contributed by atoms with van der Waals surface area (Å²) >= 11 is 7.10. The quantitative estimate of drug-likeness (QED) is 0.806. The molecule has 2 aromatic heterocycles. The fraction of sp³-hybridized carbons (Fsp3) is 0.111. The molecule has 0 fully saturated rings. The van der Waals surface area contributed by atoms with Crippen LogP contribution >= 0.6 is 22.9 Å². The van der Waals surface area contributed by atoms with Crippen LogP contribution in [0.2, 0.25) is 4.34 Å². The number of nitrogen functional groups attached to an aromatic ring is 1. The summed E-state index contributed by atoms with van der Waals surface area (Å²) < 4.78 is 0.547. The summed E-state index contributed by atoms with van der Waals surface area (Å²) in [5.74, 6) is -1.07. The highest BCUT2D eigenvalue weighted by atomic mass is 35.5. The number of carboxylic acids is 1. The first-order chi connectivity index (χ1) is 7.00. The lowest BCUT2D eigenvalue weighted by molar-refractivity contribution is 0.0697. The minimum Gasteiger partial charge on any atom is -0.478 e. The van der Waals surface area contributed by atoms with Crippen LogP contribution in [0, 0.1) is 6.92 Å². The second kappa shape index (κ2) is 3.36. The lowest BCUT2D eigenvalue weighted by Crippen LogP contribution is -2.06. The van der Waals surface area contributed by atoms with E-state index in [1.807, 2.05) is 0 Å². The summed E-state index contributed by atoms with van der Waals surface area (Å²) in [6, 6.07) is 1.63. The molecule has 78 valence electrons. The zero-order valence-electron chi connectivity index (χ0n) is 7.74. The first-order valence-corrected chi connectivity index (χ1v) is 5.28. The second-order valence-electron chi connectivity index (χ2n) is 3.06.